The third kappa shape index (κ3) is 3.37. The van der Waals surface area contributed by atoms with Gasteiger partial charge in [-0.05, 0) is 48.5 Å². The van der Waals surface area contributed by atoms with Crippen LogP contribution in [-0.2, 0) is 10.0 Å². The molecule has 2 aliphatic rings. The van der Waals surface area contributed by atoms with Crippen LogP contribution in [0, 0.1) is 11.7 Å². The van der Waals surface area contributed by atoms with Crippen molar-refractivity contribution in [3.05, 3.63) is 88.7 Å². The van der Waals surface area contributed by atoms with Gasteiger partial charge in [-0.1, -0.05) is 29.8 Å². The van der Waals surface area contributed by atoms with E-state index >= 15 is 0 Å². The van der Waals surface area contributed by atoms with E-state index < -0.39 is 21.9 Å². The highest BCUT2D eigenvalue weighted by Crippen LogP contribution is 2.46. The van der Waals surface area contributed by atoms with Crippen molar-refractivity contribution in [2.45, 2.75) is 10.9 Å². The Labute approximate surface area is 183 Å². The second kappa shape index (κ2) is 7.33. The van der Waals surface area contributed by atoms with Gasteiger partial charge in [0.2, 0.25) is 10.0 Å². The fraction of sp³-hybridized carbons (Fsp3) is 0.136. The standard InChI is InChI=1S/C22H17ClFN3O3S/c23-17-5-3-6-18(24)20(17)22-16-12-30-19-7-2-1-4-15(19)21(16)26-27(22)13-8-10-14(11-9-13)31(25,28)29/h1-11,16,22H,12H2,(H2,25,28,29). The van der Waals surface area contributed by atoms with Crippen molar-refractivity contribution in [1.82, 2.24) is 0 Å². The minimum Gasteiger partial charge on any atom is -0.492 e. The van der Waals surface area contributed by atoms with E-state index in [2.05, 4.69) is 0 Å². The molecule has 0 bridgehead atoms. The van der Waals surface area contributed by atoms with E-state index in [1.807, 2.05) is 24.3 Å². The van der Waals surface area contributed by atoms with Crippen LogP contribution in [0.3, 0.4) is 0 Å². The summed E-state index contributed by atoms with van der Waals surface area (Å²) in [4.78, 5) is -0.0188. The minimum atomic E-state index is -3.84. The molecular weight excluding hydrogens is 441 g/mol. The molecular formula is C22H17ClFN3O3S. The summed E-state index contributed by atoms with van der Waals surface area (Å²) in [7, 11) is -3.84. The van der Waals surface area contributed by atoms with Crippen LogP contribution < -0.4 is 14.9 Å². The number of benzene rings is 3. The van der Waals surface area contributed by atoms with Crippen molar-refractivity contribution in [2.24, 2.45) is 16.2 Å². The molecule has 9 heteroatoms. The zero-order valence-corrected chi connectivity index (χ0v) is 17.6. The fourth-order valence-electron chi connectivity index (χ4n) is 4.10. The normalized spacial score (nSPS) is 20.0. The number of ether oxygens (including phenoxy) is 1. The number of rotatable bonds is 3. The highest BCUT2D eigenvalue weighted by molar-refractivity contribution is 7.89. The topological polar surface area (TPSA) is 85.0 Å². The molecule has 2 unspecified atom stereocenters. The summed E-state index contributed by atoms with van der Waals surface area (Å²) in [6.45, 7) is 0.303. The number of hydrogen-bond donors (Lipinski definition) is 1. The predicted molar refractivity (Wildman–Crippen MR) is 116 cm³/mol. The maximum Gasteiger partial charge on any atom is 0.238 e. The van der Waals surface area contributed by atoms with Gasteiger partial charge >= 0.3 is 0 Å². The number of para-hydroxylation sites is 1. The number of halogens is 2. The van der Waals surface area contributed by atoms with Gasteiger partial charge in [0.25, 0.3) is 0 Å². The third-order valence-corrected chi connectivity index (χ3v) is 6.78. The van der Waals surface area contributed by atoms with Crippen molar-refractivity contribution in [3.63, 3.8) is 0 Å². The molecule has 2 N–H and O–H groups in total. The fourth-order valence-corrected chi connectivity index (χ4v) is 4.89. The first-order valence-electron chi connectivity index (χ1n) is 9.51. The second-order valence-electron chi connectivity index (χ2n) is 7.36. The Kier molecular flexibility index (Phi) is 4.73. The van der Waals surface area contributed by atoms with Crippen LogP contribution in [0.5, 0.6) is 5.75 Å². The van der Waals surface area contributed by atoms with Crippen LogP contribution in [0.15, 0.2) is 76.7 Å². The summed E-state index contributed by atoms with van der Waals surface area (Å²) < 4.78 is 44.2. The second-order valence-corrected chi connectivity index (χ2v) is 9.33. The van der Waals surface area contributed by atoms with Crippen molar-refractivity contribution >= 4 is 33.0 Å². The number of sulfonamides is 1. The van der Waals surface area contributed by atoms with Crippen molar-refractivity contribution < 1.29 is 17.5 Å². The molecule has 0 saturated heterocycles. The molecule has 0 aliphatic carbocycles. The number of hydrogen-bond acceptors (Lipinski definition) is 5. The third-order valence-electron chi connectivity index (χ3n) is 5.52. The highest BCUT2D eigenvalue weighted by atomic mass is 35.5. The molecule has 0 radical (unpaired) electrons. The van der Waals surface area contributed by atoms with Gasteiger partial charge in [-0.3, -0.25) is 5.01 Å². The molecule has 2 atom stereocenters. The van der Waals surface area contributed by atoms with Crippen LogP contribution >= 0.6 is 11.6 Å². The summed E-state index contributed by atoms with van der Waals surface area (Å²) in [6.07, 6.45) is 0. The predicted octanol–water partition coefficient (Wildman–Crippen LogP) is 4.10. The number of anilines is 1. The molecule has 0 aromatic heterocycles. The lowest BCUT2D eigenvalue weighted by Crippen LogP contribution is -2.33. The van der Waals surface area contributed by atoms with Crippen LogP contribution in [-0.4, -0.2) is 20.7 Å². The molecule has 2 aliphatic heterocycles. The molecule has 2 heterocycles. The first-order chi connectivity index (χ1) is 14.8. The van der Waals surface area contributed by atoms with Gasteiger partial charge in [0.05, 0.1) is 34.9 Å². The van der Waals surface area contributed by atoms with Crippen LogP contribution in [0.4, 0.5) is 10.1 Å². The Bertz CT molecular complexity index is 1290. The van der Waals surface area contributed by atoms with E-state index in [1.54, 1.807) is 29.3 Å². The van der Waals surface area contributed by atoms with Gasteiger partial charge < -0.3 is 4.74 Å². The van der Waals surface area contributed by atoms with E-state index in [-0.39, 0.29) is 15.8 Å². The first kappa shape index (κ1) is 20.0. The van der Waals surface area contributed by atoms with Gasteiger partial charge in [-0.25, -0.2) is 17.9 Å². The van der Waals surface area contributed by atoms with Gasteiger partial charge in [-0.15, -0.1) is 0 Å². The molecule has 0 spiro atoms. The maximum atomic E-state index is 15.0. The van der Waals surface area contributed by atoms with E-state index in [4.69, 9.17) is 26.6 Å². The quantitative estimate of drug-likeness (QED) is 0.641. The zero-order chi connectivity index (χ0) is 21.8. The van der Waals surface area contributed by atoms with Crippen molar-refractivity contribution in [2.75, 3.05) is 11.6 Å². The summed E-state index contributed by atoms with van der Waals surface area (Å²) in [6, 6.07) is 17.5. The molecule has 6 nitrogen and oxygen atoms in total. The smallest absolute Gasteiger partial charge is 0.238 e. The molecule has 0 fully saturated rings. The van der Waals surface area contributed by atoms with E-state index in [1.165, 1.54) is 18.2 Å². The lowest BCUT2D eigenvalue weighted by Gasteiger charge is -2.31. The van der Waals surface area contributed by atoms with E-state index in [0.717, 1.165) is 11.3 Å². The van der Waals surface area contributed by atoms with Crippen molar-refractivity contribution in [3.8, 4) is 5.75 Å². The summed E-state index contributed by atoms with van der Waals surface area (Å²) in [5.41, 5.74) is 2.49. The number of hydrazone groups is 1. The van der Waals surface area contributed by atoms with Gasteiger partial charge in [0, 0.05) is 16.1 Å². The first-order valence-corrected chi connectivity index (χ1v) is 11.4. The van der Waals surface area contributed by atoms with Gasteiger partial charge in [-0.2, -0.15) is 5.10 Å². The number of nitrogens with two attached hydrogens (primary N) is 1. The molecule has 5 rings (SSSR count). The molecule has 31 heavy (non-hydrogen) atoms. The number of nitrogens with zero attached hydrogens (tertiary/aromatic N) is 2. The van der Waals surface area contributed by atoms with Crippen LogP contribution in [0.2, 0.25) is 5.02 Å². The Morgan fingerprint density at radius 1 is 1.06 bits per heavy atom. The Morgan fingerprint density at radius 3 is 2.52 bits per heavy atom. The Balaban J connectivity index is 1.67. The van der Waals surface area contributed by atoms with Crippen LogP contribution in [0.1, 0.15) is 17.2 Å². The summed E-state index contributed by atoms with van der Waals surface area (Å²) >= 11 is 6.42. The SMILES string of the molecule is NS(=O)(=O)c1ccc(N2N=C3c4ccccc4OCC3C2c2c(F)cccc2Cl)cc1. The summed E-state index contributed by atoms with van der Waals surface area (Å²) in [5, 5.41) is 12.0. The molecule has 3 aromatic carbocycles. The van der Waals surface area contributed by atoms with Crippen molar-refractivity contribution in [1.29, 1.82) is 0 Å². The molecule has 158 valence electrons. The number of fused-ring (bicyclic) bond motifs is 3. The van der Waals surface area contributed by atoms with Crippen LogP contribution in [0.25, 0.3) is 0 Å². The maximum absolute atomic E-state index is 15.0. The molecule has 0 saturated carbocycles. The lowest BCUT2D eigenvalue weighted by atomic mass is 9.85. The molecule has 3 aromatic rings. The minimum absolute atomic E-state index is 0.0188. The lowest BCUT2D eigenvalue weighted by molar-refractivity contribution is 0.259. The average Bonchev–Trinajstić information content (AvgIpc) is 3.13. The average molecular weight is 458 g/mol. The van der Waals surface area contributed by atoms with E-state index in [9.17, 15) is 12.8 Å². The van der Waals surface area contributed by atoms with Gasteiger partial charge in [0.15, 0.2) is 0 Å². The Hall–Kier alpha value is -2.94. The number of primary sulfonamides is 1. The zero-order valence-electron chi connectivity index (χ0n) is 16.1. The largest absolute Gasteiger partial charge is 0.492 e. The monoisotopic (exact) mass is 457 g/mol. The summed E-state index contributed by atoms with van der Waals surface area (Å²) in [5.74, 6) is -0.0107. The Morgan fingerprint density at radius 2 is 1.81 bits per heavy atom. The molecule has 0 amide bonds. The highest BCUT2D eigenvalue weighted by Gasteiger charge is 2.45. The van der Waals surface area contributed by atoms with Gasteiger partial charge in [0.1, 0.15) is 11.6 Å². The van der Waals surface area contributed by atoms with E-state index in [0.29, 0.717) is 23.6 Å².